The molecule has 0 unspecified atom stereocenters. The Balaban J connectivity index is 2.84. The van der Waals surface area contributed by atoms with E-state index in [0.29, 0.717) is 0 Å². The summed E-state index contributed by atoms with van der Waals surface area (Å²) in [5.74, 6) is 0.905. The minimum atomic E-state index is 0.905. The van der Waals surface area contributed by atoms with Crippen LogP contribution < -0.4 is 4.74 Å². The number of aromatic amines is 1. The van der Waals surface area contributed by atoms with Crippen molar-refractivity contribution in [2.24, 2.45) is 0 Å². The molecule has 0 spiro atoms. The predicted octanol–water partition coefficient (Wildman–Crippen LogP) is 2.29. The number of aryl methyl sites for hydroxylation is 1. The van der Waals surface area contributed by atoms with Gasteiger partial charge in [-0.3, -0.25) is 0 Å². The predicted molar refractivity (Wildman–Crippen MR) is 48.4 cm³/mol. The van der Waals surface area contributed by atoms with Gasteiger partial charge >= 0.3 is 0 Å². The summed E-state index contributed by atoms with van der Waals surface area (Å²) in [4.78, 5) is 3.06. The Labute approximate surface area is 71.2 Å². The number of nitrogens with one attached hydrogen (secondary N) is 1. The van der Waals surface area contributed by atoms with E-state index in [1.54, 1.807) is 7.11 Å². The topological polar surface area (TPSA) is 25.0 Å². The van der Waals surface area contributed by atoms with Crippen molar-refractivity contribution >= 4 is 10.9 Å². The van der Waals surface area contributed by atoms with Gasteiger partial charge in [-0.1, -0.05) is 6.07 Å². The highest BCUT2D eigenvalue weighted by atomic mass is 16.5. The molecule has 0 saturated carbocycles. The molecule has 1 radical (unpaired) electrons. The van der Waals surface area contributed by atoms with Gasteiger partial charge in [0.15, 0.2) is 0 Å². The standard InChI is InChI=1S/C10H10NO/c1-7-6-11-8-4-3-5-9(12-2)10(7)8/h3-5,11H,1-2H3. The first-order chi connectivity index (χ1) is 5.83. The first-order valence-corrected chi connectivity index (χ1v) is 3.86. The first kappa shape index (κ1) is 7.22. The van der Waals surface area contributed by atoms with Gasteiger partial charge in [-0.25, -0.2) is 0 Å². The van der Waals surface area contributed by atoms with E-state index >= 15 is 0 Å². The van der Waals surface area contributed by atoms with Crippen molar-refractivity contribution in [2.45, 2.75) is 6.92 Å². The molecule has 2 rings (SSSR count). The summed E-state index contributed by atoms with van der Waals surface area (Å²) in [6, 6.07) is 5.93. The van der Waals surface area contributed by atoms with Gasteiger partial charge in [0.1, 0.15) is 5.75 Å². The van der Waals surface area contributed by atoms with E-state index in [1.807, 2.05) is 25.1 Å². The Morgan fingerprint density at radius 1 is 1.42 bits per heavy atom. The van der Waals surface area contributed by atoms with Gasteiger partial charge in [0.2, 0.25) is 0 Å². The van der Waals surface area contributed by atoms with Crippen LogP contribution in [0.5, 0.6) is 5.75 Å². The summed E-state index contributed by atoms with van der Waals surface area (Å²) in [6.07, 6.45) is 3.05. The number of hydrogen-bond donors (Lipinski definition) is 1. The van der Waals surface area contributed by atoms with E-state index < -0.39 is 0 Å². The van der Waals surface area contributed by atoms with Crippen LogP contribution in [-0.4, -0.2) is 12.1 Å². The van der Waals surface area contributed by atoms with E-state index in [0.717, 1.165) is 22.2 Å². The molecule has 1 aromatic carbocycles. The lowest BCUT2D eigenvalue weighted by molar-refractivity contribution is 0.419. The largest absolute Gasteiger partial charge is 0.496 e. The molecule has 0 amide bonds. The minimum Gasteiger partial charge on any atom is -0.496 e. The van der Waals surface area contributed by atoms with E-state index in [2.05, 4.69) is 11.2 Å². The Morgan fingerprint density at radius 3 is 3.00 bits per heavy atom. The highest BCUT2D eigenvalue weighted by Crippen LogP contribution is 2.27. The van der Waals surface area contributed by atoms with Gasteiger partial charge in [0.25, 0.3) is 0 Å². The molecule has 0 aliphatic rings. The summed E-state index contributed by atoms with van der Waals surface area (Å²) in [5.41, 5.74) is 2.18. The third-order valence-electron chi connectivity index (χ3n) is 2.01. The van der Waals surface area contributed by atoms with Gasteiger partial charge in [0.05, 0.1) is 13.3 Å². The summed E-state index contributed by atoms with van der Waals surface area (Å²) >= 11 is 0. The molecular formula is C10H10NO. The van der Waals surface area contributed by atoms with Crippen molar-refractivity contribution in [1.29, 1.82) is 0 Å². The fourth-order valence-electron chi connectivity index (χ4n) is 1.42. The van der Waals surface area contributed by atoms with E-state index in [1.165, 1.54) is 0 Å². The molecule has 0 bridgehead atoms. The summed E-state index contributed by atoms with van der Waals surface area (Å²) < 4.78 is 5.23. The number of aromatic nitrogens is 1. The highest BCUT2D eigenvalue weighted by molar-refractivity contribution is 5.88. The third-order valence-corrected chi connectivity index (χ3v) is 2.01. The molecule has 0 atom stereocenters. The van der Waals surface area contributed by atoms with Crippen LogP contribution in [0.3, 0.4) is 0 Å². The Kier molecular flexibility index (Phi) is 1.54. The monoisotopic (exact) mass is 160 g/mol. The van der Waals surface area contributed by atoms with Crippen LogP contribution in [0.2, 0.25) is 0 Å². The second kappa shape index (κ2) is 2.55. The summed E-state index contributed by atoms with van der Waals surface area (Å²) in [6.45, 7) is 2.02. The summed E-state index contributed by atoms with van der Waals surface area (Å²) in [5, 5.41) is 1.13. The van der Waals surface area contributed by atoms with Crippen LogP contribution in [0, 0.1) is 13.1 Å². The molecule has 2 heteroatoms. The molecule has 2 nitrogen and oxygen atoms in total. The van der Waals surface area contributed by atoms with Crippen molar-refractivity contribution in [3.05, 3.63) is 30.0 Å². The average molecular weight is 160 g/mol. The average Bonchev–Trinajstić information content (AvgIpc) is 2.48. The maximum Gasteiger partial charge on any atom is 0.128 e. The lowest BCUT2D eigenvalue weighted by Gasteiger charge is -2.01. The first-order valence-electron chi connectivity index (χ1n) is 3.86. The van der Waals surface area contributed by atoms with Crippen LogP contribution in [0.1, 0.15) is 5.56 Å². The quantitative estimate of drug-likeness (QED) is 0.680. The maximum atomic E-state index is 5.23. The Morgan fingerprint density at radius 2 is 2.25 bits per heavy atom. The van der Waals surface area contributed by atoms with Crippen molar-refractivity contribution in [3.8, 4) is 5.75 Å². The third kappa shape index (κ3) is 0.881. The molecule has 0 saturated heterocycles. The van der Waals surface area contributed by atoms with Crippen LogP contribution in [0.25, 0.3) is 10.9 Å². The zero-order chi connectivity index (χ0) is 8.55. The van der Waals surface area contributed by atoms with Crippen LogP contribution in [-0.2, 0) is 0 Å². The molecule has 61 valence electrons. The number of benzene rings is 1. The van der Waals surface area contributed by atoms with Crippen LogP contribution >= 0.6 is 0 Å². The smallest absolute Gasteiger partial charge is 0.128 e. The lowest BCUT2D eigenvalue weighted by atomic mass is 10.2. The number of ether oxygens (including phenoxy) is 1. The number of rotatable bonds is 1. The molecule has 0 aliphatic carbocycles. The molecule has 1 N–H and O–H groups in total. The molecule has 0 aliphatic heterocycles. The molecule has 0 fully saturated rings. The van der Waals surface area contributed by atoms with Gasteiger partial charge in [-0.15, -0.1) is 0 Å². The minimum absolute atomic E-state index is 0.905. The zero-order valence-electron chi connectivity index (χ0n) is 7.14. The van der Waals surface area contributed by atoms with E-state index in [4.69, 9.17) is 4.74 Å². The van der Waals surface area contributed by atoms with Crippen molar-refractivity contribution in [1.82, 2.24) is 4.98 Å². The number of methoxy groups -OCH3 is 1. The number of fused-ring (bicyclic) bond motifs is 1. The second-order valence-corrected chi connectivity index (χ2v) is 2.76. The maximum absolute atomic E-state index is 5.23. The highest BCUT2D eigenvalue weighted by Gasteiger charge is 2.04. The molecule has 1 heterocycles. The fraction of sp³-hybridized carbons (Fsp3) is 0.200. The second-order valence-electron chi connectivity index (χ2n) is 2.76. The van der Waals surface area contributed by atoms with Crippen molar-refractivity contribution in [3.63, 3.8) is 0 Å². The SMILES string of the molecule is COc1cccc2[nH][c]c(C)c12. The molecule has 2 aromatic rings. The number of H-pyrrole nitrogens is 1. The Hall–Kier alpha value is -1.44. The van der Waals surface area contributed by atoms with E-state index in [-0.39, 0.29) is 0 Å². The van der Waals surface area contributed by atoms with Gasteiger partial charge < -0.3 is 9.72 Å². The van der Waals surface area contributed by atoms with Gasteiger partial charge in [-0.2, -0.15) is 0 Å². The normalized spacial score (nSPS) is 10.5. The van der Waals surface area contributed by atoms with Gasteiger partial charge in [0, 0.05) is 10.9 Å². The fourth-order valence-corrected chi connectivity index (χ4v) is 1.42. The number of hydrogen-bond acceptors (Lipinski definition) is 1. The van der Waals surface area contributed by atoms with Crippen LogP contribution in [0.4, 0.5) is 0 Å². The molecule has 12 heavy (non-hydrogen) atoms. The lowest BCUT2D eigenvalue weighted by Crippen LogP contribution is -1.83. The van der Waals surface area contributed by atoms with Crippen molar-refractivity contribution in [2.75, 3.05) is 7.11 Å². The zero-order valence-corrected chi connectivity index (χ0v) is 7.14. The molecule has 1 aromatic heterocycles. The Bertz CT molecular complexity index is 403. The van der Waals surface area contributed by atoms with E-state index in [9.17, 15) is 0 Å². The van der Waals surface area contributed by atoms with Crippen molar-refractivity contribution < 1.29 is 4.74 Å². The van der Waals surface area contributed by atoms with Crippen LogP contribution in [0.15, 0.2) is 18.2 Å². The summed E-state index contributed by atoms with van der Waals surface area (Å²) in [7, 11) is 1.68. The van der Waals surface area contributed by atoms with Gasteiger partial charge in [-0.05, 0) is 24.6 Å². The molecular weight excluding hydrogens is 150 g/mol.